The Balaban J connectivity index is 2.35. The van der Waals surface area contributed by atoms with Gasteiger partial charge in [-0.1, -0.05) is 6.07 Å². The molecule has 0 bridgehead atoms. The van der Waals surface area contributed by atoms with Gasteiger partial charge in [-0.2, -0.15) is 0 Å². The van der Waals surface area contributed by atoms with Crippen LogP contribution in [0.5, 0.6) is 0 Å². The van der Waals surface area contributed by atoms with Gasteiger partial charge in [-0.05, 0) is 31.5 Å². The molecule has 0 aliphatic heterocycles. The predicted molar refractivity (Wildman–Crippen MR) is 80.1 cm³/mol. The van der Waals surface area contributed by atoms with Crippen LogP contribution in [0.4, 0.5) is 14.6 Å². The molecule has 0 atom stereocenters. The van der Waals surface area contributed by atoms with Crippen LogP contribution in [-0.4, -0.2) is 9.97 Å². The summed E-state index contributed by atoms with van der Waals surface area (Å²) in [6, 6.07) is 3.65. The third kappa shape index (κ3) is 2.14. The molecule has 4 nitrogen and oxygen atoms in total. The van der Waals surface area contributed by atoms with Crippen LogP contribution in [0.3, 0.4) is 0 Å². The maximum atomic E-state index is 13.9. The SMILES string of the molecule is Cc1sc2nc(-c3c(F)cccc3F)nc(NN)c2c1C. The normalized spacial score (nSPS) is 11.1. The molecule has 3 N–H and O–H groups in total. The zero-order valence-electron chi connectivity index (χ0n) is 11.4. The van der Waals surface area contributed by atoms with Crippen molar-refractivity contribution in [3.63, 3.8) is 0 Å². The number of rotatable bonds is 2. The smallest absolute Gasteiger partial charge is 0.169 e. The Bertz CT molecular complexity index is 824. The Kier molecular flexibility index (Phi) is 3.30. The topological polar surface area (TPSA) is 63.8 Å². The second-order valence-electron chi connectivity index (χ2n) is 4.60. The molecule has 0 aliphatic carbocycles. The van der Waals surface area contributed by atoms with Gasteiger partial charge in [0.1, 0.15) is 16.5 Å². The Hall–Kier alpha value is -2.12. The minimum absolute atomic E-state index is 0.0210. The fourth-order valence-corrected chi connectivity index (χ4v) is 3.21. The van der Waals surface area contributed by atoms with Crippen LogP contribution in [0, 0.1) is 25.5 Å². The molecular formula is C14H12F2N4S. The summed E-state index contributed by atoms with van der Waals surface area (Å²) in [5.41, 5.74) is 3.24. The van der Waals surface area contributed by atoms with Crippen molar-refractivity contribution in [2.45, 2.75) is 13.8 Å². The molecule has 1 aromatic carbocycles. The maximum absolute atomic E-state index is 13.9. The number of hydrogen-bond acceptors (Lipinski definition) is 5. The number of aryl methyl sites for hydroxylation is 2. The van der Waals surface area contributed by atoms with Crippen molar-refractivity contribution >= 4 is 27.4 Å². The Morgan fingerprint density at radius 3 is 2.43 bits per heavy atom. The molecule has 3 aromatic rings. The molecule has 2 heterocycles. The summed E-state index contributed by atoms with van der Waals surface area (Å²) >= 11 is 1.44. The number of hydrazine groups is 1. The van der Waals surface area contributed by atoms with Gasteiger partial charge >= 0.3 is 0 Å². The van der Waals surface area contributed by atoms with E-state index < -0.39 is 11.6 Å². The van der Waals surface area contributed by atoms with Crippen LogP contribution < -0.4 is 11.3 Å². The highest BCUT2D eigenvalue weighted by atomic mass is 32.1. The number of anilines is 1. The molecular weight excluding hydrogens is 294 g/mol. The fraction of sp³-hybridized carbons (Fsp3) is 0.143. The van der Waals surface area contributed by atoms with Gasteiger partial charge < -0.3 is 5.43 Å². The first kappa shape index (κ1) is 13.8. The molecule has 0 saturated heterocycles. The van der Waals surface area contributed by atoms with Crippen LogP contribution in [0.25, 0.3) is 21.6 Å². The average Bonchev–Trinajstić information content (AvgIpc) is 2.73. The maximum Gasteiger partial charge on any atom is 0.169 e. The number of aromatic nitrogens is 2. The molecule has 108 valence electrons. The van der Waals surface area contributed by atoms with E-state index in [1.807, 2.05) is 13.8 Å². The zero-order valence-corrected chi connectivity index (χ0v) is 12.2. The lowest BCUT2D eigenvalue weighted by molar-refractivity contribution is 0.587. The van der Waals surface area contributed by atoms with E-state index in [-0.39, 0.29) is 11.4 Å². The van der Waals surface area contributed by atoms with Crippen molar-refractivity contribution in [1.82, 2.24) is 9.97 Å². The Labute approximate surface area is 123 Å². The standard InChI is InChI=1S/C14H12F2N4S/c1-6-7(2)21-14-10(6)13(20-17)18-12(19-14)11-8(15)4-3-5-9(11)16/h3-5H,17H2,1-2H3,(H,18,19,20). The molecule has 0 saturated carbocycles. The number of hydrogen-bond donors (Lipinski definition) is 2. The molecule has 0 unspecified atom stereocenters. The van der Waals surface area contributed by atoms with E-state index in [0.29, 0.717) is 10.6 Å². The summed E-state index contributed by atoms with van der Waals surface area (Å²) in [6.45, 7) is 3.88. The lowest BCUT2D eigenvalue weighted by atomic mass is 10.1. The van der Waals surface area contributed by atoms with Gasteiger partial charge in [0.25, 0.3) is 0 Å². The van der Waals surface area contributed by atoms with Crippen LogP contribution >= 0.6 is 11.3 Å². The van der Waals surface area contributed by atoms with Crippen molar-refractivity contribution in [3.05, 3.63) is 40.3 Å². The van der Waals surface area contributed by atoms with Crippen molar-refractivity contribution in [2.75, 3.05) is 5.43 Å². The second-order valence-corrected chi connectivity index (χ2v) is 5.80. The summed E-state index contributed by atoms with van der Waals surface area (Å²) in [4.78, 5) is 10.2. The largest absolute Gasteiger partial charge is 0.308 e. The summed E-state index contributed by atoms with van der Waals surface area (Å²) in [7, 11) is 0. The average molecular weight is 306 g/mol. The van der Waals surface area contributed by atoms with Gasteiger partial charge in [0.15, 0.2) is 11.6 Å². The van der Waals surface area contributed by atoms with Crippen molar-refractivity contribution in [1.29, 1.82) is 0 Å². The van der Waals surface area contributed by atoms with Gasteiger partial charge in [-0.25, -0.2) is 24.6 Å². The van der Waals surface area contributed by atoms with Gasteiger partial charge in [0.05, 0.1) is 10.9 Å². The van der Waals surface area contributed by atoms with E-state index in [9.17, 15) is 8.78 Å². The number of fused-ring (bicyclic) bond motifs is 1. The molecule has 0 amide bonds. The minimum atomic E-state index is -0.706. The van der Waals surface area contributed by atoms with E-state index in [4.69, 9.17) is 5.84 Å². The van der Waals surface area contributed by atoms with E-state index >= 15 is 0 Å². The number of thiophene rings is 1. The Morgan fingerprint density at radius 1 is 1.14 bits per heavy atom. The van der Waals surface area contributed by atoms with Crippen LogP contribution in [-0.2, 0) is 0 Å². The zero-order chi connectivity index (χ0) is 15.1. The summed E-state index contributed by atoms with van der Waals surface area (Å²) in [5.74, 6) is 4.42. The molecule has 2 aromatic heterocycles. The number of nitrogens with one attached hydrogen (secondary N) is 1. The van der Waals surface area contributed by atoms with E-state index in [0.717, 1.165) is 15.8 Å². The van der Waals surface area contributed by atoms with Crippen LogP contribution in [0.2, 0.25) is 0 Å². The molecule has 3 rings (SSSR count). The number of nitrogen functional groups attached to an aromatic ring is 1. The lowest BCUT2D eigenvalue weighted by Crippen LogP contribution is -2.10. The highest BCUT2D eigenvalue weighted by molar-refractivity contribution is 7.18. The number of halogens is 2. The first-order chi connectivity index (χ1) is 10.0. The van der Waals surface area contributed by atoms with Gasteiger partial charge in [-0.3, -0.25) is 0 Å². The number of nitrogens with two attached hydrogens (primary N) is 1. The first-order valence-corrected chi connectivity index (χ1v) is 7.03. The van der Waals surface area contributed by atoms with Crippen LogP contribution in [0.15, 0.2) is 18.2 Å². The highest BCUT2D eigenvalue weighted by Crippen LogP contribution is 2.35. The first-order valence-electron chi connectivity index (χ1n) is 6.21. The molecule has 0 aliphatic rings. The summed E-state index contributed by atoms with van der Waals surface area (Å²) < 4.78 is 27.8. The van der Waals surface area contributed by atoms with Gasteiger partial charge in [0, 0.05) is 4.88 Å². The van der Waals surface area contributed by atoms with Crippen molar-refractivity contribution < 1.29 is 8.78 Å². The minimum Gasteiger partial charge on any atom is -0.308 e. The van der Waals surface area contributed by atoms with E-state index in [1.54, 1.807) is 0 Å². The molecule has 7 heteroatoms. The molecule has 0 radical (unpaired) electrons. The second kappa shape index (κ2) is 5.01. The number of benzene rings is 1. The van der Waals surface area contributed by atoms with E-state index in [1.165, 1.54) is 29.5 Å². The summed E-state index contributed by atoms with van der Waals surface area (Å²) in [5, 5.41) is 0.778. The quantitative estimate of drug-likeness (QED) is 0.561. The van der Waals surface area contributed by atoms with Crippen LogP contribution in [0.1, 0.15) is 10.4 Å². The van der Waals surface area contributed by atoms with Crippen molar-refractivity contribution in [2.24, 2.45) is 5.84 Å². The third-order valence-electron chi connectivity index (χ3n) is 3.35. The molecule has 21 heavy (non-hydrogen) atoms. The Morgan fingerprint density at radius 2 is 1.81 bits per heavy atom. The highest BCUT2D eigenvalue weighted by Gasteiger charge is 2.19. The monoisotopic (exact) mass is 306 g/mol. The molecule has 0 spiro atoms. The number of nitrogens with zero attached hydrogens (tertiary/aromatic N) is 2. The van der Waals surface area contributed by atoms with Gasteiger partial charge in [0.2, 0.25) is 0 Å². The summed E-state index contributed by atoms with van der Waals surface area (Å²) in [6.07, 6.45) is 0. The third-order valence-corrected chi connectivity index (χ3v) is 4.45. The fourth-order valence-electron chi connectivity index (χ4n) is 2.18. The molecule has 0 fully saturated rings. The van der Waals surface area contributed by atoms with E-state index in [2.05, 4.69) is 15.4 Å². The lowest BCUT2D eigenvalue weighted by Gasteiger charge is -2.07. The predicted octanol–water partition coefficient (Wildman–Crippen LogP) is 3.54. The van der Waals surface area contributed by atoms with Gasteiger partial charge in [-0.15, -0.1) is 11.3 Å². The van der Waals surface area contributed by atoms with Crippen molar-refractivity contribution in [3.8, 4) is 11.4 Å².